The maximum absolute atomic E-state index is 13.7. The lowest BCUT2D eigenvalue weighted by atomic mass is 10.0. The summed E-state index contributed by atoms with van der Waals surface area (Å²) in [6.45, 7) is 7.05. The van der Waals surface area contributed by atoms with E-state index >= 15 is 0 Å². The Morgan fingerprint density at radius 1 is 0.962 bits per heavy atom. The van der Waals surface area contributed by atoms with E-state index < -0.39 is 26.7 Å². The van der Waals surface area contributed by atoms with Crippen LogP contribution in [0.25, 0.3) is 0 Å². The van der Waals surface area contributed by atoms with Crippen molar-refractivity contribution in [2.75, 3.05) is 31.6 Å². The van der Waals surface area contributed by atoms with Crippen LogP contribution in [0, 0.1) is 5.92 Å². The zero-order valence-corrected chi connectivity index (χ0v) is 19.3. The molecule has 0 aliphatic carbocycles. The molecular weight excluding hydrogens is 425 g/mol. The average molecular weight is 456 g/mol. The Hall–Kier alpha value is 0.840. The highest BCUT2D eigenvalue weighted by Gasteiger charge is 2.56. The normalized spacial score (nSPS) is 19.1. The molecule has 0 saturated heterocycles. The summed E-state index contributed by atoms with van der Waals surface area (Å²) < 4.78 is 47.2. The van der Waals surface area contributed by atoms with Gasteiger partial charge in [-0.25, -0.2) is 0 Å². The number of alkyl halides is 2. The summed E-state index contributed by atoms with van der Waals surface area (Å²) in [7, 11) is -8.78. The lowest BCUT2D eigenvalue weighted by Crippen LogP contribution is -2.40. The van der Waals surface area contributed by atoms with Crippen LogP contribution in [0.5, 0.6) is 0 Å². The summed E-state index contributed by atoms with van der Waals surface area (Å²) in [6, 6.07) is 0. The summed E-state index contributed by atoms with van der Waals surface area (Å²) in [5.41, 5.74) is 0. The molecule has 0 amide bonds. The van der Waals surface area contributed by atoms with Gasteiger partial charge in [0.25, 0.3) is 7.82 Å². The number of hydrogen-bond acceptors (Lipinski definition) is 7. The first-order valence-electron chi connectivity index (χ1n) is 8.82. The van der Waals surface area contributed by atoms with Crippen molar-refractivity contribution in [2.24, 2.45) is 5.92 Å². The zero-order chi connectivity index (χ0) is 20.3. The van der Waals surface area contributed by atoms with Gasteiger partial charge in [-0.05, 0) is 18.8 Å². The maximum Gasteiger partial charge on any atom is 0.363 e. The van der Waals surface area contributed by atoms with Crippen molar-refractivity contribution in [3.05, 3.63) is 0 Å². The summed E-state index contributed by atoms with van der Waals surface area (Å²) in [6.07, 6.45) is 2.11. The molecule has 0 aromatic rings. The number of rotatable bonds is 16. The van der Waals surface area contributed by atoms with Crippen molar-refractivity contribution >= 4 is 38.6 Å². The predicted octanol–water partition coefficient (Wildman–Crippen LogP) is 5.14. The molecule has 11 heteroatoms. The van der Waals surface area contributed by atoms with Gasteiger partial charge in [-0.3, -0.25) is 13.7 Å². The van der Waals surface area contributed by atoms with Crippen molar-refractivity contribution in [3.63, 3.8) is 0 Å². The zero-order valence-electron chi connectivity index (χ0n) is 15.9. The summed E-state index contributed by atoms with van der Waals surface area (Å²) in [5.74, 6) is -0.433. The van der Waals surface area contributed by atoms with Crippen LogP contribution in [0.3, 0.4) is 0 Å². The molecule has 7 nitrogen and oxygen atoms in total. The van der Waals surface area contributed by atoms with Crippen LogP contribution in [-0.2, 0) is 27.2 Å². The van der Waals surface area contributed by atoms with Crippen molar-refractivity contribution < 1.29 is 32.1 Å². The highest BCUT2D eigenvalue weighted by Crippen LogP contribution is 2.69. The van der Waals surface area contributed by atoms with Gasteiger partial charge in [0.05, 0.1) is 19.8 Å². The maximum atomic E-state index is 13.7. The van der Waals surface area contributed by atoms with Crippen LogP contribution in [0.15, 0.2) is 0 Å². The average Bonchev–Trinajstić information content (AvgIpc) is 2.57. The minimum Gasteiger partial charge on any atom is -0.756 e. The lowest BCUT2D eigenvalue weighted by Gasteiger charge is -2.44. The third-order valence-electron chi connectivity index (χ3n) is 3.67. The summed E-state index contributed by atoms with van der Waals surface area (Å²) >= 11 is 11.2. The second-order valence-corrected chi connectivity index (χ2v) is 10.4. The molecule has 0 heterocycles. The van der Waals surface area contributed by atoms with Crippen molar-refractivity contribution in [1.29, 1.82) is 0 Å². The molecule has 0 aliphatic rings. The fraction of sp³-hybridized carbons (Fsp3) is 1.00. The van der Waals surface area contributed by atoms with Crippen LogP contribution < -0.4 is 4.89 Å². The molecule has 0 fully saturated rings. The minimum absolute atomic E-state index is 0.0224. The molecule has 26 heavy (non-hydrogen) atoms. The lowest BCUT2D eigenvalue weighted by molar-refractivity contribution is -0.235. The first-order valence-corrected chi connectivity index (χ1v) is 12.9. The molecule has 0 bridgehead atoms. The molecule has 0 saturated carbocycles. The highest BCUT2D eigenvalue weighted by molar-refractivity contribution is 7.56. The van der Waals surface area contributed by atoms with E-state index in [4.69, 9.17) is 41.3 Å². The van der Waals surface area contributed by atoms with Crippen LogP contribution in [0.1, 0.15) is 53.4 Å². The Morgan fingerprint density at radius 3 is 1.96 bits per heavy atom. The molecule has 0 radical (unpaired) electrons. The summed E-state index contributed by atoms with van der Waals surface area (Å²) in [5, 5.41) is -1.70. The molecule has 0 aromatic heterocycles. The number of hydrogen-bond donors (Lipinski definition) is 0. The van der Waals surface area contributed by atoms with Gasteiger partial charge in [-0.2, -0.15) is 0 Å². The third kappa shape index (κ3) is 8.06. The first-order chi connectivity index (χ1) is 12.1. The molecule has 0 rings (SSSR count). The second-order valence-electron chi connectivity index (χ2n) is 6.02. The molecule has 0 spiro atoms. The Morgan fingerprint density at radius 2 is 1.50 bits per heavy atom. The van der Waals surface area contributed by atoms with E-state index in [1.54, 1.807) is 13.8 Å². The number of halogens is 2. The number of phosphoric ester groups is 1. The van der Waals surface area contributed by atoms with Gasteiger partial charge in [0.15, 0.2) is 5.34 Å². The smallest absolute Gasteiger partial charge is 0.363 e. The SMILES string of the molecule is CCCCOP(=O)(OCCCl)C(CCC)(OP(=O)([O-])OCCCl)C(C)C. The Kier molecular flexibility index (Phi) is 13.6. The molecule has 0 aliphatic heterocycles. The Labute approximate surface area is 167 Å². The Bertz CT molecular complexity index is 479. The number of unbranched alkanes of at least 4 members (excludes halogenated alkanes) is 1. The van der Waals surface area contributed by atoms with E-state index in [1.807, 2.05) is 13.8 Å². The van der Waals surface area contributed by atoms with E-state index in [0.29, 0.717) is 12.8 Å². The molecule has 3 atom stereocenters. The van der Waals surface area contributed by atoms with E-state index in [9.17, 15) is 14.0 Å². The van der Waals surface area contributed by atoms with Crippen molar-refractivity contribution in [3.8, 4) is 0 Å². The monoisotopic (exact) mass is 455 g/mol. The van der Waals surface area contributed by atoms with E-state index in [2.05, 4.69) is 0 Å². The van der Waals surface area contributed by atoms with E-state index in [0.717, 1.165) is 6.42 Å². The van der Waals surface area contributed by atoms with Crippen LogP contribution in [-0.4, -0.2) is 36.9 Å². The van der Waals surface area contributed by atoms with Crippen LogP contribution in [0.2, 0.25) is 0 Å². The van der Waals surface area contributed by atoms with Gasteiger partial charge in [0.2, 0.25) is 0 Å². The standard InChI is InChI=1S/C15H32Cl2O7P2/c1-5-7-11-21-25(18,22-12-9-16)15(8-6-2,14(3)4)24-26(19,20)23-13-10-17/h14H,5-13H2,1-4H3,(H,19,20)/p-1. The quantitative estimate of drug-likeness (QED) is 0.180. The van der Waals surface area contributed by atoms with Gasteiger partial charge in [0.1, 0.15) is 0 Å². The highest BCUT2D eigenvalue weighted by atomic mass is 35.5. The van der Waals surface area contributed by atoms with Crippen molar-refractivity contribution in [2.45, 2.75) is 58.7 Å². The molecule has 0 aromatic carbocycles. The number of phosphoric acid groups is 1. The van der Waals surface area contributed by atoms with Gasteiger partial charge in [0, 0.05) is 11.8 Å². The van der Waals surface area contributed by atoms with E-state index in [-0.39, 0.29) is 38.0 Å². The predicted molar refractivity (Wildman–Crippen MR) is 103 cm³/mol. The Balaban J connectivity index is 5.93. The second kappa shape index (κ2) is 13.1. The van der Waals surface area contributed by atoms with Crippen molar-refractivity contribution in [1.82, 2.24) is 0 Å². The topological polar surface area (TPSA) is 94.1 Å². The van der Waals surface area contributed by atoms with Gasteiger partial charge >= 0.3 is 7.60 Å². The van der Waals surface area contributed by atoms with E-state index in [1.165, 1.54) is 0 Å². The first kappa shape index (κ1) is 26.8. The fourth-order valence-corrected chi connectivity index (χ4v) is 6.88. The van der Waals surface area contributed by atoms with Gasteiger partial charge in [-0.1, -0.05) is 40.5 Å². The largest absolute Gasteiger partial charge is 0.756 e. The minimum atomic E-state index is -4.78. The third-order valence-corrected chi connectivity index (χ3v) is 7.97. The fourth-order valence-electron chi connectivity index (χ4n) is 2.41. The molecular formula is C15H31Cl2O7P2-. The van der Waals surface area contributed by atoms with Gasteiger partial charge in [-0.15, -0.1) is 23.2 Å². The molecule has 0 N–H and O–H groups in total. The van der Waals surface area contributed by atoms with Gasteiger partial charge < -0.3 is 18.5 Å². The molecule has 158 valence electrons. The van der Waals surface area contributed by atoms with Crippen LogP contribution >= 0.6 is 38.6 Å². The molecule has 3 unspecified atom stereocenters. The summed E-state index contributed by atoms with van der Waals surface area (Å²) in [4.78, 5) is 12.3. The van der Waals surface area contributed by atoms with Crippen LogP contribution in [0.4, 0.5) is 0 Å².